The number of halogens is 1. The molecule has 0 radical (unpaired) electrons. The topological polar surface area (TPSA) is 112 Å². The second-order valence-corrected chi connectivity index (χ2v) is 8.72. The summed E-state index contributed by atoms with van der Waals surface area (Å²) < 4.78 is 6.15. The number of hydrogen-bond acceptors (Lipinski definition) is 8. The molecule has 1 aliphatic heterocycles. The molecule has 2 aromatic rings. The molecule has 1 unspecified atom stereocenters. The molecule has 0 amide bonds. The second kappa shape index (κ2) is 10.4. The molecule has 1 fully saturated rings. The summed E-state index contributed by atoms with van der Waals surface area (Å²) in [7, 11) is 1.92. The smallest absolute Gasteiger partial charge is 0.141 e. The van der Waals surface area contributed by atoms with E-state index in [1.54, 1.807) is 0 Å². The van der Waals surface area contributed by atoms with Crippen LogP contribution in [0.5, 0.6) is 5.75 Å². The maximum Gasteiger partial charge on any atom is 0.141 e. The van der Waals surface area contributed by atoms with Gasteiger partial charge in [0, 0.05) is 43.7 Å². The third kappa shape index (κ3) is 4.76. The van der Waals surface area contributed by atoms with E-state index < -0.39 is 0 Å². The molecule has 2 heterocycles. The Labute approximate surface area is 200 Å². The number of likely N-dealkylation sites (tertiary alicyclic amines) is 1. The maximum absolute atomic E-state index is 9.88. The number of aliphatic hydroxyl groups is 1. The number of nitrogens with two attached hydrogens (primary N) is 1. The quantitative estimate of drug-likeness (QED) is 0.571. The number of aromatic nitrogens is 2. The SMILES string of the molecule is C=C(C)c1c(N)ncnc1N(C)C(C)c1cc(Cl)c(C#N)c(C2CN(CCO)C2)c1OCC. The van der Waals surface area contributed by atoms with Crippen molar-refractivity contribution in [3.8, 4) is 11.8 Å². The van der Waals surface area contributed by atoms with E-state index in [2.05, 4.69) is 27.5 Å². The highest BCUT2D eigenvalue weighted by Gasteiger charge is 2.35. The molecule has 0 saturated carbocycles. The minimum atomic E-state index is -0.198. The minimum Gasteiger partial charge on any atom is -0.493 e. The highest BCUT2D eigenvalue weighted by Crippen LogP contribution is 2.45. The van der Waals surface area contributed by atoms with E-state index in [0.717, 1.165) is 29.8 Å². The van der Waals surface area contributed by atoms with E-state index in [4.69, 9.17) is 22.1 Å². The second-order valence-electron chi connectivity index (χ2n) is 8.32. The van der Waals surface area contributed by atoms with Crippen LogP contribution in [0, 0.1) is 11.3 Å². The molecule has 9 heteroatoms. The number of nitriles is 1. The number of anilines is 2. The third-order valence-electron chi connectivity index (χ3n) is 6.13. The lowest BCUT2D eigenvalue weighted by atomic mass is 9.85. The zero-order valence-corrected chi connectivity index (χ0v) is 20.4. The summed E-state index contributed by atoms with van der Waals surface area (Å²) in [5.74, 6) is 1.81. The highest BCUT2D eigenvalue weighted by molar-refractivity contribution is 6.32. The van der Waals surface area contributed by atoms with Gasteiger partial charge < -0.3 is 20.5 Å². The van der Waals surface area contributed by atoms with Crippen LogP contribution in [0.4, 0.5) is 11.6 Å². The van der Waals surface area contributed by atoms with Gasteiger partial charge in [0.05, 0.1) is 35.4 Å². The van der Waals surface area contributed by atoms with Gasteiger partial charge in [-0.1, -0.05) is 18.2 Å². The molecule has 0 aliphatic carbocycles. The van der Waals surface area contributed by atoms with Crippen LogP contribution in [0.15, 0.2) is 19.0 Å². The lowest BCUT2D eigenvalue weighted by Gasteiger charge is -2.41. The van der Waals surface area contributed by atoms with E-state index in [1.165, 1.54) is 6.33 Å². The summed E-state index contributed by atoms with van der Waals surface area (Å²) in [6, 6.07) is 3.89. The Balaban J connectivity index is 2.10. The van der Waals surface area contributed by atoms with Crippen molar-refractivity contribution >= 4 is 28.8 Å². The van der Waals surface area contributed by atoms with E-state index >= 15 is 0 Å². The molecular formula is C24H31ClN6O2. The van der Waals surface area contributed by atoms with Crippen molar-refractivity contribution in [2.24, 2.45) is 0 Å². The molecular weight excluding hydrogens is 440 g/mol. The summed E-state index contributed by atoms with van der Waals surface area (Å²) in [5, 5.41) is 19.5. The maximum atomic E-state index is 9.88. The average Bonchev–Trinajstić information content (AvgIpc) is 2.75. The fraction of sp³-hybridized carbons (Fsp3) is 0.458. The Morgan fingerprint density at radius 3 is 2.76 bits per heavy atom. The molecule has 176 valence electrons. The number of nitrogens with zero attached hydrogens (tertiary/aromatic N) is 5. The van der Waals surface area contributed by atoms with Gasteiger partial charge in [0.1, 0.15) is 29.8 Å². The van der Waals surface area contributed by atoms with Gasteiger partial charge in [-0.25, -0.2) is 9.97 Å². The van der Waals surface area contributed by atoms with Gasteiger partial charge in [0.15, 0.2) is 0 Å². The molecule has 0 spiro atoms. The summed E-state index contributed by atoms with van der Waals surface area (Å²) >= 11 is 6.62. The normalized spacial score (nSPS) is 14.9. The fourth-order valence-corrected chi connectivity index (χ4v) is 4.59. The number of benzene rings is 1. The number of nitrogen functional groups attached to an aromatic ring is 1. The zero-order valence-electron chi connectivity index (χ0n) is 19.6. The Kier molecular flexibility index (Phi) is 7.80. The number of ether oxygens (including phenoxy) is 1. The van der Waals surface area contributed by atoms with Crippen LogP contribution in [0.2, 0.25) is 5.02 Å². The Hall–Kier alpha value is -2.86. The molecule has 1 aromatic carbocycles. The van der Waals surface area contributed by atoms with E-state index in [-0.39, 0.29) is 18.6 Å². The van der Waals surface area contributed by atoms with Gasteiger partial charge in [-0.3, -0.25) is 4.90 Å². The van der Waals surface area contributed by atoms with Crippen LogP contribution < -0.4 is 15.4 Å². The van der Waals surface area contributed by atoms with Crippen LogP contribution >= 0.6 is 11.6 Å². The Morgan fingerprint density at radius 2 is 2.18 bits per heavy atom. The summed E-state index contributed by atoms with van der Waals surface area (Å²) in [6.07, 6.45) is 1.44. The van der Waals surface area contributed by atoms with Crippen molar-refractivity contribution in [3.63, 3.8) is 0 Å². The number of aliphatic hydroxyl groups excluding tert-OH is 1. The first kappa shape index (κ1) is 24.8. The van der Waals surface area contributed by atoms with E-state index in [9.17, 15) is 10.4 Å². The van der Waals surface area contributed by atoms with Crippen LogP contribution in [0.3, 0.4) is 0 Å². The lowest BCUT2D eigenvalue weighted by Crippen LogP contribution is -2.46. The van der Waals surface area contributed by atoms with Gasteiger partial charge in [-0.15, -0.1) is 0 Å². The van der Waals surface area contributed by atoms with Crippen molar-refractivity contribution in [3.05, 3.63) is 46.2 Å². The van der Waals surface area contributed by atoms with Gasteiger partial charge in [0.2, 0.25) is 0 Å². The van der Waals surface area contributed by atoms with Crippen LogP contribution in [-0.4, -0.2) is 59.9 Å². The first-order valence-electron chi connectivity index (χ1n) is 11.0. The number of β-amino-alcohol motifs (C(OH)–C–C–N with tert-alkyl or cyclic N) is 1. The predicted octanol–water partition coefficient (Wildman–Crippen LogP) is 3.60. The van der Waals surface area contributed by atoms with Gasteiger partial charge in [-0.2, -0.15) is 5.26 Å². The monoisotopic (exact) mass is 470 g/mol. The van der Waals surface area contributed by atoms with Crippen molar-refractivity contribution in [1.29, 1.82) is 5.26 Å². The average molecular weight is 471 g/mol. The van der Waals surface area contributed by atoms with E-state index in [0.29, 0.717) is 46.7 Å². The largest absolute Gasteiger partial charge is 0.493 e. The highest BCUT2D eigenvalue weighted by atomic mass is 35.5. The summed E-state index contributed by atoms with van der Waals surface area (Å²) in [6.45, 7) is 12.5. The number of allylic oxidation sites excluding steroid dienone is 1. The van der Waals surface area contributed by atoms with Crippen LogP contribution in [-0.2, 0) is 0 Å². The molecule has 8 nitrogen and oxygen atoms in total. The number of rotatable bonds is 9. The molecule has 33 heavy (non-hydrogen) atoms. The molecule has 1 aromatic heterocycles. The minimum absolute atomic E-state index is 0.100. The summed E-state index contributed by atoms with van der Waals surface area (Å²) in [4.78, 5) is 12.7. The Morgan fingerprint density at radius 1 is 1.48 bits per heavy atom. The van der Waals surface area contributed by atoms with Crippen molar-refractivity contribution in [1.82, 2.24) is 14.9 Å². The fourth-order valence-electron chi connectivity index (χ4n) is 4.33. The Bertz CT molecular complexity index is 1080. The lowest BCUT2D eigenvalue weighted by molar-refractivity contribution is 0.114. The van der Waals surface area contributed by atoms with Gasteiger partial charge in [0.25, 0.3) is 0 Å². The summed E-state index contributed by atoms with van der Waals surface area (Å²) in [5.41, 5.74) is 9.73. The van der Waals surface area contributed by atoms with Crippen LogP contribution in [0.1, 0.15) is 55.0 Å². The molecule has 1 saturated heterocycles. The van der Waals surface area contributed by atoms with E-state index in [1.807, 2.05) is 38.8 Å². The standard InChI is InChI=1S/C24H31ClN6O2/c1-6-33-22-17(15(4)30(5)24-20(14(2)3)23(27)28-13-29-24)9-19(25)18(10-26)21(22)16-11-31(12-16)7-8-32/h9,13,15-16,32H,2,6-8,11-12H2,1,3-5H3,(H2,27,28,29). The number of hydrogen-bond donors (Lipinski definition) is 2. The predicted molar refractivity (Wildman–Crippen MR) is 132 cm³/mol. The molecule has 3 N–H and O–H groups in total. The molecule has 3 rings (SSSR count). The van der Waals surface area contributed by atoms with Crippen molar-refractivity contribution < 1.29 is 9.84 Å². The van der Waals surface area contributed by atoms with Crippen molar-refractivity contribution in [2.75, 3.05) is 50.5 Å². The van der Waals surface area contributed by atoms with Crippen molar-refractivity contribution in [2.45, 2.75) is 32.7 Å². The van der Waals surface area contributed by atoms with Crippen LogP contribution in [0.25, 0.3) is 5.57 Å². The molecule has 0 bridgehead atoms. The first-order chi connectivity index (χ1) is 15.7. The first-order valence-corrected chi connectivity index (χ1v) is 11.3. The van der Waals surface area contributed by atoms with Gasteiger partial charge >= 0.3 is 0 Å². The van der Waals surface area contributed by atoms with Gasteiger partial charge in [-0.05, 0) is 32.4 Å². The third-order valence-corrected chi connectivity index (χ3v) is 6.43. The molecule has 1 aliphatic rings. The zero-order chi connectivity index (χ0) is 24.3. The molecule has 1 atom stereocenters.